The molecule has 0 radical (unpaired) electrons. The largest absolute Gasteiger partial charge is 0.197 e. The van der Waals surface area contributed by atoms with E-state index >= 15 is 0 Å². The van der Waals surface area contributed by atoms with Crippen molar-refractivity contribution in [3.8, 4) is 12.1 Å². The van der Waals surface area contributed by atoms with Crippen molar-refractivity contribution in [3.63, 3.8) is 0 Å². The third-order valence-electron chi connectivity index (χ3n) is 7.40. The van der Waals surface area contributed by atoms with Crippen molar-refractivity contribution in [1.29, 1.82) is 10.5 Å². The lowest BCUT2D eigenvalue weighted by Gasteiger charge is -2.61. The summed E-state index contributed by atoms with van der Waals surface area (Å²) < 4.78 is 0. The van der Waals surface area contributed by atoms with Gasteiger partial charge in [0, 0.05) is 11.8 Å². The minimum Gasteiger partial charge on any atom is -0.197 e. The zero-order valence-electron chi connectivity index (χ0n) is 19.9. The highest BCUT2D eigenvalue weighted by Gasteiger charge is 2.71. The standard InChI is InChI=1S/C34H26N2/c35-25-33(29-17-9-3-10-18-29)31(23-21-27-13-5-1-6-14-27)34(26-36,30-19-11-4-12-20-30)32(33)24-22-28-15-7-2-8-16-28/h1-24,31-32H. The fraction of sp³-hybridized carbons (Fsp3) is 0.118. The molecule has 2 heteroatoms. The van der Waals surface area contributed by atoms with Gasteiger partial charge in [0.15, 0.2) is 0 Å². The lowest BCUT2D eigenvalue weighted by atomic mass is 9.36. The number of hydrogen-bond donors (Lipinski definition) is 0. The second kappa shape index (κ2) is 9.91. The molecular formula is C34H26N2. The third-order valence-corrected chi connectivity index (χ3v) is 7.40. The van der Waals surface area contributed by atoms with Crippen LogP contribution in [0.15, 0.2) is 133 Å². The topological polar surface area (TPSA) is 47.6 Å². The molecule has 2 nitrogen and oxygen atoms in total. The maximum Gasteiger partial charge on any atom is 0.0984 e. The highest BCUT2D eigenvalue weighted by atomic mass is 14.7. The first-order valence-corrected chi connectivity index (χ1v) is 12.2. The molecular weight excluding hydrogens is 436 g/mol. The highest BCUT2D eigenvalue weighted by molar-refractivity contribution is 5.63. The maximum absolute atomic E-state index is 10.9. The van der Waals surface area contributed by atoms with Gasteiger partial charge >= 0.3 is 0 Å². The van der Waals surface area contributed by atoms with Gasteiger partial charge in [-0.3, -0.25) is 0 Å². The number of nitriles is 2. The minimum absolute atomic E-state index is 0.351. The molecule has 4 aromatic rings. The summed E-state index contributed by atoms with van der Waals surface area (Å²) in [6.07, 6.45) is 8.25. The third kappa shape index (κ3) is 3.74. The Bertz CT molecular complexity index is 1320. The van der Waals surface area contributed by atoms with Crippen LogP contribution in [0.2, 0.25) is 0 Å². The molecule has 0 bridgehead atoms. The van der Waals surface area contributed by atoms with E-state index in [1.807, 2.05) is 133 Å². The van der Waals surface area contributed by atoms with E-state index in [0.717, 1.165) is 22.3 Å². The molecule has 0 amide bonds. The average molecular weight is 463 g/mol. The molecule has 4 aromatic carbocycles. The number of rotatable bonds is 6. The Morgan fingerprint density at radius 3 is 1.08 bits per heavy atom. The molecule has 0 spiro atoms. The molecule has 1 aliphatic carbocycles. The van der Waals surface area contributed by atoms with Crippen molar-refractivity contribution >= 4 is 12.2 Å². The molecule has 0 atom stereocenters. The maximum atomic E-state index is 10.9. The normalized spacial score (nSPS) is 25.2. The lowest BCUT2D eigenvalue weighted by molar-refractivity contribution is 0.0518. The van der Waals surface area contributed by atoms with Crippen molar-refractivity contribution in [1.82, 2.24) is 0 Å². The summed E-state index contributed by atoms with van der Waals surface area (Å²) in [5.41, 5.74) is 2.15. The van der Waals surface area contributed by atoms with Crippen LogP contribution < -0.4 is 0 Å². The van der Waals surface area contributed by atoms with Gasteiger partial charge in [0.05, 0.1) is 23.0 Å². The van der Waals surface area contributed by atoms with E-state index < -0.39 is 10.8 Å². The van der Waals surface area contributed by atoms with E-state index in [1.54, 1.807) is 0 Å². The molecule has 172 valence electrons. The van der Waals surface area contributed by atoms with Crippen molar-refractivity contribution in [2.45, 2.75) is 10.8 Å². The fourth-order valence-corrected chi connectivity index (χ4v) is 5.71. The minimum atomic E-state index is -0.899. The van der Waals surface area contributed by atoms with E-state index in [-0.39, 0.29) is 11.8 Å². The number of allylic oxidation sites excluding steroid dienone is 2. The van der Waals surface area contributed by atoms with E-state index in [0.29, 0.717) is 0 Å². The predicted molar refractivity (Wildman–Crippen MR) is 145 cm³/mol. The summed E-state index contributed by atoms with van der Waals surface area (Å²) >= 11 is 0. The van der Waals surface area contributed by atoms with Gasteiger partial charge in [-0.2, -0.15) is 10.5 Å². The first kappa shape index (κ1) is 23.1. The zero-order chi connectivity index (χ0) is 24.8. The van der Waals surface area contributed by atoms with Crippen LogP contribution in [0.3, 0.4) is 0 Å². The van der Waals surface area contributed by atoms with Gasteiger partial charge in [0.1, 0.15) is 0 Å². The predicted octanol–water partition coefficient (Wildman–Crippen LogP) is 7.58. The van der Waals surface area contributed by atoms with Crippen LogP contribution in [-0.4, -0.2) is 0 Å². The van der Waals surface area contributed by atoms with Crippen molar-refractivity contribution in [3.05, 3.63) is 156 Å². The summed E-state index contributed by atoms with van der Waals surface area (Å²) in [5.74, 6) is -0.703. The first-order chi connectivity index (χ1) is 17.8. The molecule has 0 saturated heterocycles. The quantitative estimate of drug-likeness (QED) is 0.296. The van der Waals surface area contributed by atoms with Gasteiger partial charge in [-0.1, -0.05) is 146 Å². The van der Waals surface area contributed by atoms with E-state index in [9.17, 15) is 10.5 Å². The number of nitrogens with zero attached hydrogens (tertiary/aromatic N) is 2. The molecule has 1 saturated carbocycles. The molecule has 1 aliphatic rings. The molecule has 0 N–H and O–H groups in total. The lowest BCUT2D eigenvalue weighted by Crippen LogP contribution is -2.67. The Morgan fingerprint density at radius 1 is 0.472 bits per heavy atom. The van der Waals surface area contributed by atoms with Crippen molar-refractivity contribution < 1.29 is 0 Å². The van der Waals surface area contributed by atoms with Crippen LogP contribution in [0.5, 0.6) is 0 Å². The van der Waals surface area contributed by atoms with Crippen LogP contribution >= 0.6 is 0 Å². The summed E-state index contributed by atoms with van der Waals surface area (Å²) in [6.45, 7) is 0. The van der Waals surface area contributed by atoms with Gasteiger partial charge in [0.2, 0.25) is 0 Å². The molecule has 0 heterocycles. The Kier molecular flexibility index (Phi) is 6.36. The van der Waals surface area contributed by atoms with Crippen molar-refractivity contribution in [2.75, 3.05) is 0 Å². The van der Waals surface area contributed by atoms with Gasteiger partial charge in [-0.25, -0.2) is 0 Å². The number of hydrogen-bond acceptors (Lipinski definition) is 2. The summed E-state index contributed by atoms with van der Waals surface area (Å²) in [7, 11) is 0. The zero-order valence-corrected chi connectivity index (χ0v) is 19.9. The van der Waals surface area contributed by atoms with Crippen LogP contribution in [-0.2, 0) is 10.8 Å². The van der Waals surface area contributed by atoms with Crippen molar-refractivity contribution in [2.24, 2.45) is 11.8 Å². The van der Waals surface area contributed by atoms with Gasteiger partial charge in [0.25, 0.3) is 0 Å². The number of benzene rings is 4. The molecule has 1 fully saturated rings. The molecule has 36 heavy (non-hydrogen) atoms. The molecule has 5 rings (SSSR count). The second-order valence-electron chi connectivity index (χ2n) is 9.19. The summed E-state index contributed by atoms with van der Waals surface area (Å²) in [5, 5.41) is 21.7. The molecule has 0 aliphatic heterocycles. The molecule has 0 unspecified atom stereocenters. The SMILES string of the molecule is N#CC1(c2ccccc2)C(C=Cc2ccccc2)C(C#N)(c2ccccc2)C1C=Cc1ccccc1. The highest BCUT2D eigenvalue weighted by Crippen LogP contribution is 2.66. The van der Waals surface area contributed by atoms with Gasteiger partial charge < -0.3 is 0 Å². The van der Waals surface area contributed by atoms with E-state index in [2.05, 4.69) is 24.3 Å². The first-order valence-electron chi connectivity index (χ1n) is 12.2. The second-order valence-corrected chi connectivity index (χ2v) is 9.19. The Hall–Kier alpha value is -4.66. The van der Waals surface area contributed by atoms with Crippen LogP contribution in [0.4, 0.5) is 0 Å². The average Bonchev–Trinajstić information content (AvgIpc) is 2.95. The Balaban J connectivity index is 1.73. The van der Waals surface area contributed by atoms with E-state index in [1.165, 1.54) is 0 Å². The smallest absolute Gasteiger partial charge is 0.0984 e. The summed E-state index contributed by atoms with van der Waals surface area (Å²) in [4.78, 5) is 0. The Labute approximate surface area is 213 Å². The van der Waals surface area contributed by atoms with Gasteiger partial charge in [-0.15, -0.1) is 0 Å². The molecule has 0 aromatic heterocycles. The van der Waals surface area contributed by atoms with Crippen LogP contribution in [0.25, 0.3) is 12.2 Å². The van der Waals surface area contributed by atoms with E-state index in [4.69, 9.17) is 0 Å². The summed E-state index contributed by atoms with van der Waals surface area (Å²) in [6, 6.07) is 45.4. The van der Waals surface area contributed by atoms with Crippen LogP contribution in [0.1, 0.15) is 22.3 Å². The Morgan fingerprint density at radius 2 is 0.778 bits per heavy atom. The fourth-order valence-electron chi connectivity index (χ4n) is 5.71. The van der Waals surface area contributed by atoms with Crippen LogP contribution in [0, 0.1) is 34.5 Å². The monoisotopic (exact) mass is 462 g/mol. The van der Waals surface area contributed by atoms with Gasteiger partial charge in [-0.05, 0) is 22.3 Å².